The topological polar surface area (TPSA) is 107 Å². The number of nitrogens with zero attached hydrogens (tertiary/aromatic N) is 3. The van der Waals surface area contributed by atoms with Crippen molar-refractivity contribution in [2.24, 2.45) is 4.99 Å². The Labute approximate surface area is 238 Å². The molecule has 3 aromatic rings. The number of aromatic nitrogens is 3. The van der Waals surface area contributed by atoms with Gasteiger partial charge in [-0.3, -0.25) is 14.9 Å². The number of aromatic amines is 1. The highest BCUT2D eigenvalue weighted by Gasteiger charge is 2.20. The van der Waals surface area contributed by atoms with Crippen LogP contribution in [0.25, 0.3) is 11.0 Å². The molecule has 214 valence electrons. The van der Waals surface area contributed by atoms with Gasteiger partial charge < -0.3 is 16.0 Å². The molecule has 1 amide bonds. The molecule has 1 aliphatic carbocycles. The van der Waals surface area contributed by atoms with Crippen LogP contribution in [-0.4, -0.2) is 46.6 Å². The number of hydrogen-bond acceptors (Lipinski definition) is 5. The Morgan fingerprint density at radius 3 is 2.63 bits per heavy atom. The number of nitrogens with one attached hydrogen (secondary N) is 4. The zero-order valence-electron chi connectivity index (χ0n) is 23.7. The lowest BCUT2D eigenvalue weighted by molar-refractivity contribution is -0.117. The van der Waals surface area contributed by atoms with E-state index in [1.54, 1.807) is 6.92 Å². The van der Waals surface area contributed by atoms with Crippen molar-refractivity contribution in [2.75, 3.05) is 18.9 Å². The minimum absolute atomic E-state index is 0.130. The second-order valence-electron chi connectivity index (χ2n) is 10.2. The van der Waals surface area contributed by atoms with Crippen LogP contribution in [0.1, 0.15) is 50.3 Å². The van der Waals surface area contributed by atoms with Crippen molar-refractivity contribution >= 4 is 28.6 Å². The Kier molecular flexibility index (Phi) is 9.11. The first kappa shape index (κ1) is 29.4. The van der Waals surface area contributed by atoms with Crippen LogP contribution in [0.4, 0.5) is 14.6 Å². The number of benzene rings is 1. The lowest BCUT2D eigenvalue weighted by Gasteiger charge is -2.21. The molecule has 4 rings (SSSR count). The molecule has 2 heterocycles. The lowest BCUT2D eigenvalue weighted by Crippen LogP contribution is -2.40. The van der Waals surface area contributed by atoms with Crippen LogP contribution in [0, 0.1) is 11.6 Å². The Morgan fingerprint density at radius 1 is 1.20 bits per heavy atom. The minimum Gasteiger partial charge on any atom is -0.371 e. The fourth-order valence-corrected chi connectivity index (χ4v) is 4.33. The van der Waals surface area contributed by atoms with Crippen molar-refractivity contribution in [2.45, 2.75) is 45.2 Å². The van der Waals surface area contributed by atoms with E-state index in [9.17, 15) is 13.6 Å². The number of carbonyl (C=O) groups is 1. The summed E-state index contributed by atoms with van der Waals surface area (Å²) in [5.41, 5.74) is 4.25. The van der Waals surface area contributed by atoms with Gasteiger partial charge in [-0.25, -0.2) is 13.8 Å². The molecule has 0 saturated heterocycles. The maximum atomic E-state index is 13.7. The van der Waals surface area contributed by atoms with Gasteiger partial charge in [-0.15, -0.1) is 0 Å². The Hall–Kier alpha value is -4.60. The number of pyridine rings is 1. The van der Waals surface area contributed by atoms with Crippen molar-refractivity contribution in [1.29, 1.82) is 0 Å². The van der Waals surface area contributed by atoms with E-state index in [1.807, 2.05) is 33.2 Å². The fourth-order valence-electron chi connectivity index (χ4n) is 4.33. The van der Waals surface area contributed by atoms with E-state index in [0.29, 0.717) is 17.9 Å². The number of carbonyl (C=O) groups excluding carboxylic acids is 1. The molecule has 8 nitrogen and oxygen atoms in total. The number of amidine groups is 1. The van der Waals surface area contributed by atoms with Crippen LogP contribution in [0.5, 0.6) is 0 Å². The summed E-state index contributed by atoms with van der Waals surface area (Å²) in [7, 11) is 1.82. The third kappa shape index (κ3) is 6.95. The number of allylic oxidation sites excluding steroid dienone is 2. The lowest BCUT2D eigenvalue weighted by atomic mass is 9.91. The van der Waals surface area contributed by atoms with E-state index in [-0.39, 0.29) is 17.5 Å². The van der Waals surface area contributed by atoms with Crippen molar-refractivity contribution < 1.29 is 13.6 Å². The first-order valence-electron chi connectivity index (χ1n) is 13.4. The highest BCUT2D eigenvalue weighted by atomic mass is 19.2. The largest absolute Gasteiger partial charge is 0.371 e. The van der Waals surface area contributed by atoms with E-state index in [1.165, 1.54) is 6.07 Å². The number of rotatable bonds is 10. The summed E-state index contributed by atoms with van der Waals surface area (Å²) in [6.45, 7) is 13.8. The summed E-state index contributed by atoms with van der Waals surface area (Å²) >= 11 is 0. The fraction of sp³-hybridized carbons (Fsp3) is 0.290. The molecule has 0 spiro atoms. The molecule has 3 atom stereocenters. The number of hydrogen-bond donors (Lipinski definition) is 4. The number of anilines is 1. The number of H-pyrrole nitrogens is 1. The predicted molar refractivity (Wildman–Crippen MR) is 160 cm³/mol. The summed E-state index contributed by atoms with van der Waals surface area (Å²) < 4.78 is 27.0. The molecule has 1 aliphatic rings. The quantitative estimate of drug-likeness (QED) is 0.111. The zero-order valence-corrected chi connectivity index (χ0v) is 23.7. The summed E-state index contributed by atoms with van der Waals surface area (Å²) in [4.78, 5) is 22.3. The first-order valence-corrected chi connectivity index (χ1v) is 13.4. The molecule has 0 fully saturated rings. The number of amides is 1. The highest BCUT2D eigenvalue weighted by molar-refractivity contribution is 6.20. The van der Waals surface area contributed by atoms with E-state index in [0.717, 1.165) is 52.1 Å². The zero-order chi connectivity index (χ0) is 29.7. The number of aliphatic imine (C=N–C) groups is 1. The van der Waals surface area contributed by atoms with Gasteiger partial charge in [0.25, 0.3) is 5.91 Å². The van der Waals surface area contributed by atoms with Crippen LogP contribution in [0.3, 0.4) is 0 Å². The molecule has 0 bridgehead atoms. The van der Waals surface area contributed by atoms with E-state index < -0.39 is 23.6 Å². The van der Waals surface area contributed by atoms with Crippen molar-refractivity contribution in [3.05, 3.63) is 101 Å². The van der Waals surface area contributed by atoms with E-state index >= 15 is 0 Å². The van der Waals surface area contributed by atoms with Crippen LogP contribution in [0.15, 0.2) is 83.6 Å². The molecule has 0 radical (unpaired) electrons. The van der Waals surface area contributed by atoms with Crippen LogP contribution in [0.2, 0.25) is 0 Å². The highest BCUT2D eigenvalue weighted by Crippen LogP contribution is 2.30. The normalized spacial score (nSPS) is 16.6. The van der Waals surface area contributed by atoms with Crippen molar-refractivity contribution in [3.63, 3.8) is 0 Å². The molecule has 41 heavy (non-hydrogen) atoms. The molecule has 3 unspecified atom stereocenters. The Bertz CT molecular complexity index is 1570. The summed E-state index contributed by atoms with van der Waals surface area (Å²) in [5, 5.41) is 17.2. The summed E-state index contributed by atoms with van der Waals surface area (Å²) in [6.07, 6.45) is 8.92. The molecular weight excluding hydrogens is 524 g/mol. The van der Waals surface area contributed by atoms with E-state index in [4.69, 9.17) is 4.99 Å². The Balaban J connectivity index is 1.45. The predicted octanol–water partition coefficient (Wildman–Crippen LogP) is 5.63. The van der Waals surface area contributed by atoms with Gasteiger partial charge in [0.05, 0.1) is 23.5 Å². The smallest absolute Gasteiger partial charge is 0.254 e. The molecule has 0 aliphatic heterocycles. The Morgan fingerprint density at radius 2 is 1.98 bits per heavy atom. The average molecular weight is 560 g/mol. The monoisotopic (exact) mass is 559 g/mol. The minimum atomic E-state index is -0.973. The molecule has 4 N–H and O–H groups in total. The molecule has 10 heteroatoms. The van der Waals surface area contributed by atoms with Gasteiger partial charge in [0, 0.05) is 25.2 Å². The van der Waals surface area contributed by atoms with Crippen molar-refractivity contribution in [3.8, 4) is 0 Å². The van der Waals surface area contributed by atoms with Gasteiger partial charge >= 0.3 is 0 Å². The van der Waals surface area contributed by atoms with Crippen LogP contribution >= 0.6 is 0 Å². The van der Waals surface area contributed by atoms with Gasteiger partial charge in [-0.05, 0) is 62.1 Å². The van der Waals surface area contributed by atoms with Gasteiger partial charge in [0.15, 0.2) is 23.1 Å². The average Bonchev–Trinajstić information content (AvgIpc) is 3.38. The van der Waals surface area contributed by atoms with E-state index in [2.05, 4.69) is 62.5 Å². The second kappa shape index (κ2) is 12.7. The maximum absolute atomic E-state index is 13.7. The maximum Gasteiger partial charge on any atom is 0.254 e. The molecule has 2 aromatic heterocycles. The number of fused-ring (bicyclic) bond motifs is 1. The second-order valence-corrected chi connectivity index (χ2v) is 10.2. The standard InChI is InChI=1S/C31H35F2N7O/c1-17(2)19(4)37-28(18(3)31(41)38-20(5)23-11-12-26(32)27(33)14-23)35-15-21-7-9-22(10-8-21)24-13-25-29(34-6)39-40-30(25)36-16-24/h7-9,11-14,16,19-20,22H,1,3,10,15H2,2,4-6H3,(H,35,37)(H,38,41)(H2,34,36,39,40). The first-order chi connectivity index (χ1) is 19.6. The van der Waals surface area contributed by atoms with Gasteiger partial charge in [0.1, 0.15) is 5.84 Å². The van der Waals surface area contributed by atoms with Crippen LogP contribution in [-0.2, 0) is 4.79 Å². The van der Waals surface area contributed by atoms with Gasteiger partial charge in [-0.1, -0.05) is 43.0 Å². The van der Waals surface area contributed by atoms with Gasteiger partial charge in [0.2, 0.25) is 0 Å². The number of halogens is 2. The third-order valence-electron chi connectivity index (χ3n) is 7.14. The molecule has 0 saturated carbocycles. The van der Waals surface area contributed by atoms with Gasteiger partial charge in [-0.2, -0.15) is 5.10 Å². The van der Waals surface area contributed by atoms with Crippen molar-refractivity contribution in [1.82, 2.24) is 25.8 Å². The molecular formula is C31H35F2N7O. The van der Waals surface area contributed by atoms with Crippen LogP contribution < -0.4 is 16.0 Å². The SMILES string of the molecule is C=C(C(=O)NC(C)c1ccc(F)c(F)c1)C(=NCC1=CCC(c2cnc3[nH]nc(NC)c3c2)C=C1)NC(C)C(=C)C. The summed E-state index contributed by atoms with van der Waals surface area (Å²) in [5.74, 6) is -1.13. The summed E-state index contributed by atoms with van der Waals surface area (Å²) in [6, 6.07) is 4.89. The third-order valence-corrected chi connectivity index (χ3v) is 7.14. The molecule has 1 aromatic carbocycles.